The standard InChI is InChI=1S/C14H19BrO2/c1-3-5-9-17-14-8-7-11(15)10-12(14)13(16)6-4-2/h7-8,10H,3-6,9H2,1-2H3. The first-order valence-corrected chi connectivity index (χ1v) is 6.93. The molecule has 0 heterocycles. The largest absolute Gasteiger partial charge is 0.493 e. The summed E-state index contributed by atoms with van der Waals surface area (Å²) in [6, 6.07) is 5.62. The average molecular weight is 299 g/mol. The van der Waals surface area contributed by atoms with Crippen molar-refractivity contribution in [1.82, 2.24) is 0 Å². The summed E-state index contributed by atoms with van der Waals surface area (Å²) >= 11 is 3.39. The van der Waals surface area contributed by atoms with Crippen molar-refractivity contribution in [3.8, 4) is 5.75 Å². The first-order chi connectivity index (χ1) is 8.19. The lowest BCUT2D eigenvalue weighted by Gasteiger charge is -2.10. The quantitative estimate of drug-likeness (QED) is 0.543. The minimum absolute atomic E-state index is 0.153. The number of ketones is 1. The Labute approximate surface area is 111 Å². The lowest BCUT2D eigenvalue weighted by atomic mass is 10.1. The molecule has 0 N–H and O–H groups in total. The normalized spacial score (nSPS) is 10.3. The predicted molar refractivity (Wildman–Crippen MR) is 73.8 cm³/mol. The first kappa shape index (κ1) is 14.2. The second-order valence-corrected chi connectivity index (χ2v) is 4.93. The molecular formula is C14H19BrO2. The van der Waals surface area contributed by atoms with E-state index in [4.69, 9.17) is 4.74 Å². The van der Waals surface area contributed by atoms with Gasteiger partial charge >= 0.3 is 0 Å². The van der Waals surface area contributed by atoms with Crippen molar-refractivity contribution < 1.29 is 9.53 Å². The monoisotopic (exact) mass is 298 g/mol. The summed E-state index contributed by atoms with van der Waals surface area (Å²) in [5.74, 6) is 0.861. The van der Waals surface area contributed by atoms with E-state index < -0.39 is 0 Å². The maximum absolute atomic E-state index is 11.9. The zero-order chi connectivity index (χ0) is 12.7. The lowest BCUT2D eigenvalue weighted by Crippen LogP contribution is -2.05. The Hall–Kier alpha value is -0.830. The zero-order valence-electron chi connectivity index (χ0n) is 10.5. The third-order valence-electron chi connectivity index (χ3n) is 2.47. The van der Waals surface area contributed by atoms with Crippen molar-refractivity contribution in [3.05, 3.63) is 28.2 Å². The summed E-state index contributed by atoms with van der Waals surface area (Å²) < 4.78 is 6.57. The second kappa shape index (κ2) is 7.49. The van der Waals surface area contributed by atoms with Crippen LogP contribution in [0.4, 0.5) is 0 Å². The van der Waals surface area contributed by atoms with Crippen LogP contribution < -0.4 is 4.74 Å². The lowest BCUT2D eigenvalue weighted by molar-refractivity contribution is 0.0977. The summed E-state index contributed by atoms with van der Waals surface area (Å²) in [6.45, 7) is 4.80. The maximum atomic E-state index is 11.9. The number of ether oxygens (including phenoxy) is 1. The molecule has 0 aromatic heterocycles. The van der Waals surface area contributed by atoms with Gasteiger partial charge in [-0.2, -0.15) is 0 Å². The number of hydrogen-bond acceptors (Lipinski definition) is 2. The van der Waals surface area contributed by atoms with Crippen LogP contribution in [-0.4, -0.2) is 12.4 Å². The van der Waals surface area contributed by atoms with Crippen LogP contribution >= 0.6 is 15.9 Å². The average Bonchev–Trinajstić information content (AvgIpc) is 2.31. The molecule has 17 heavy (non-hydrogen) atoms. The summed E-state index contributed by atoms with van der Waals surface area (Å²) in [6.07, 6.45) is 3.53. The molecule has 0 unspecified atom stereocenters. The topological polar surface area (TPSA) is 26.3 Å². The van der Waals surface area contributed by atoms with Gasteiger partial charge in [-0.05, 0) is 31.0 Å². The Morgan fingerprint density at radius 3 is 2.71 bits per heavy atom. The van der Waals surface area contributed by atoms with Crippen LogP contribution in [0.1, 0.15) is 49.9 Å². The van der Waals surface area contributed by atoms with Crippen molar-refractivity contribution in [1.29, 1.82) is 0 Å². The van der Waals surface area contributed by atoms with Crippen molar-refractivity contribution in [3.63, 3.8) is 0 Å². The number of halogens is 1. The molecule has 0 aliphatic carbocycles. The molecule has 0 amide bonds. The smallest absolute Gasteiger partial charge is 0.166 e. The SMILES string of the molecule is CCCCOc1ccc(Br)cc1C(=O)CCC. The molecule has 0 bridgehead atoms. The molecule has 0 radical (unpaired) electrons. The van der Waals surface area contributed by atoms with Crippen molar-refractivity contribution in [2.75, 3.05) is 6.61 Å². The minimum Gasteiger partial charge on any atom is -0.493 e. The van der Waals surface area contributed by atoms with Crippen LogP contribution in [0.2, 0.25) is 0 Å². The summed E-state index contributed by atoms with van der Waals surface area (Å²) in [4.78, 5) is 11.9. The molecule has 94 valence electrons. The van der Waals surface area contributed by atoms with Crippen molar-refractivity contribution in [2.45, 2.75) is 39.5 Å². The Balaban J connectivity index is 2.83. The van der Waals surface area contributed by atoms with Gasteiger partial charge in [0.05, 0.1) is 12.2 Å². The van der Waals surface area contributed by atoms with Crippen molar-refractivity contribution >= 4 is 21.7 Å². The molecule has 0 saturated heterocycles. The van der Waals surface area contributed by atoms with E-state index in [1.54, 1.807) is 0 Å². The van der Waals surface area contributed by atoms with Gasteiger partial charge in [0.15, 0.2) is 5.78 Å². The van der Waals surface area contributed by atoms with Crippen LogP contribution in [0.15, 0.2) is 22.7 Å². The molecule has 1 aromatic rings. The van der Waals surface area contributed by atoms with Gasteiger partial charge in [-0.3, -0.25) is 4.79 Å². The van der Waals surface area contributed by atoms with E-state index in [0.29, 0.717) is 24.3 Å². The predicted octanol–water partition coefficient (Wildman–Crippen LogP) is 4.61. The van der Waals surface area contributed by atoms with Gasteiger partial charge in [0.1, 0.15) is 5.75 Å². The Bertz CT molecular complexity index is 374. The van der Waals surface area contributed by atoms with Gasteiger partial charge in [-0.15, -0.1) is 0 Å². The van der Waals surface area contributed by atoms with E-state index in [1.165, 1.54) is 0 Å². The highest BCUT2D eigenvalue weighted by molar-refractivity contribution is 9.10. The summed E-state index contributed by atoms with van der Waals surface area (Å²) in [5, 5.41) is 0. The highest BCUT2D eigenvalue weighted by Gasteiger charge is 2.12. The number of Topliss-reactive ketones (excluding diaryl/α,β-unsaturated/α-hetero) is 1. The van der Waals surface area contributed by atoms with Crippen LogP contribution in [0, 0.1) is 0 Å². The molecule has 0 atom stereocenters. The van der Waals surface area contributed by atoms with E-state index in [-0.39, 0.29) is 5.78 Å². The zero-order valence-corrected chi connectivity index (χ0v) is 12.0. The number of benzene rings is 1. The Kier molecular flexibility index (Phi) is 6.27. The third-order valence-corrected chi connectivity index (χ3v) is 2.97. The van der Waals surface area contributed by atoms with Gasteiger partial charge in [-0.1, -0.05) is 36.2 Å². The Morgan fingerprint density at radius 1 is 1.29 bits per heavy atom. The molecule has 0 saturated carbocycles. The molecule has 2 nitrogen and oxygen atoms in total. The number of hydrogen-bond donors (Lipinski definition) is 0. The highest BCUT2D eigenvalue weighted by Crippen LogP contribution is 2.25. The molecule has 0 aliphatic heterocycles. The number of carbonyl (C=O) groups is 1. The summed E-state index contributed by atoms with van der Waals surface area (Å²) in [7, 11) is 0. The highest BCUT2D eigenvalue weighted by atomic mass is 79.9. The van der Waals surface area contributed by atoms with Crippen molar-refractivity contribution in [2.24, 2.45) is 0 Å². The molecule has 0 fully saturated rings. The molecule has 0 aliphatic rings. The molecule has 1 rings (SSSR count). The third kappa shape index (κ3) is 4.50. The van der Waals surface area contributed by atoms with Crippen LogP contribution in [0.5, 0.6) is 5.75 Å². The fourth-order valence-corrected chi connectivity index (χ4v) is 1.90. The maximum Gasteiger partial charge on any atom is 0.166 e. The van der Waals surface area contributed by atoms with E-state index in [9.17, 15) is 4.79 Å². The number of rotatable bonds is 7. The minimum atomic E-state index is 0.153. The number of unbranched alkanes of at least 4 members (excludes halogenated alkanes) is 1. The molecule has 0 spiro atoms. The van der Waals surface area contributed by atoms with Crippen LogP contribution in [0.25, 0.3) is 0 Å². The van der Waals surface area contributed by atoms with Gasteiger partial charge in [0.2, 0.25) is 0 Å². The number of carbonyl (C=O) groups excluding carboxylic acids is 1. The van der Waals surface area contributed by atoms with E-state index in [1.807, 2.05) is 25.1 Å². The van der Waals surface area contributed by atoms with Crippen LogP contribution in [-0.2, 0) is 0 Å². The van der Waals surface area contributed by atoms with Crippen LogP contribution in [0.3, 0.4) is 0 Å². The second-order valence-electron chi connectivity index (χ2n) is 4.02. The van der Waals surface area contributed by atoms with Gasteiger partial charge < -0.3 is 4.74 Å². The van der Waals surface area contributed by atoms with Gasteiger partial charge in [0, 0.05) is 10.9 Å². The Morgan fingerprint density at radius 2 is 2.06 bits per heavy atom. The first-order valence-electron chi connectivity index (χ1n) is 6.14. The molecule has 3 heteroatoms. The van der Waals surface area contributed by atoms with E-state index in [2.05, 4.69) is 22.9 Å². The molecular weight excluding hydrogens is 280 g/mol. The van der Waals surface area contributed by atoms with E-state index >= 15 is 0 Å². The van der Waals surface area contributed by atoms with E-state index in [0.717, 1.165) is 23.7 Å². The molecule has 1 aromatic carbocycles. The fourth-order valence-electron chi connectivity index (χ4n) is 1.53. The fraction of sp³-hybridized carbons (Fsp3) is 0.500. The van der Waals surface area contributed by atoms with Gasteiger partial charge in [0.25, 0.3) is 0 Å². The van der Waals surface area contributed by atoms with Gasteiger partial charge in [-0.25, -0.2) is 0 Å². The summed E-state index contributed by atoms with van der Waals surface area (Å²) in [5.41, 5.74) is 0.692.